The molecule has 0 saturated heterocycles. The molecule has 18 heteroatoms. The van der Waals surface area contributed by atoms with Crippen LogP contribution in [-0.4, -0.2) is 54.5 Å². The third kappa shape index (κ3) is 5.18. The molecule has 0 saturated carbocycles. The van der Waals surface area contributed by atoms with E-state index >= 15 is 0 Å². The Labute approximate surface area is 195 Å². The van der Waals surface area contributed by atoms with Gasteiger partial charge in [-0.1, -0.05) is 0 Å². The molecule has 0 unspecified atom stereocenters. The number of anilines is 1. The van der Waals surface area contributed by atoms with Crippen molar-refractivity contribution in [1.82, 2.24) is 0 Å². The van der Waals surface area contributed by atoms with Gasteiger partial charge in [0.15, 0.2) is 0 Å². The number of imide groups is 1. The summed E-state index contributed by atoms with van der Waals surface area (Å²) in [6.45, 7) is 2.32. The predicted molar refractivity (Wildman–Crippen MR) is 99.0 cm³/mol. The average Bonchev–Trinajstić information content (AvgIpc) is 2.86. The maximum atomic E-state index is 13.6. The summed E-state index contributed by atoms with van der Waals surface area (Å²) in [5.74, 6) is -8.39. The Morgan fingerprint density at radius 2 is 1.36 bits per heavy atom. The van der Waals surface area contributed by atoms with Gasteiger partial charge in [-0.3, -0.25) is 14.1 Å². The van der Waals surface area contributed by atoms with Gasteiger partial charge in [0.2, 0.25) is 0 Å². The molecule has 0 bridgehead atoms. The van der Waals surface area contributed by atoms with Crippen LogP contribution in [0.15, 0.2) is 29.3 Å². The number of amides is 2. The Kier molecular flexibility index (Phi) is 7.07. The van der Waals surface area contributed by atoms with Crippen molar-refractivity contribution in [2.24, 2.45) is 0 Å². The second kappa shape index (κ2) is 8.75. The van der Waals surface area contributed by atoms with E-state index in [0.717, 1.165) is 13.8 Å². The molecule has 2 amide bonds. The van der Waals surface area contributed by atoms with Crippen molar-refractivity contribution in [2.45, 2.75) is 38.0 Å². The first-order valence-electron chi connectivity index (χ1n) is 9.04. The lowest BCUT2D eigenvalue weighted by molar-refractivity contribution is -0.356. The van der Waals surface area contributed by atoms with Crippen LogP contribution in [0.25, 0.3) is 0 Å². The summed E-state index contributed by atoms with van der Waals surface area (Å²) >= 11 is 0. The molecule has 0 spiro atoms. The van der Waals surface area contributed by atoms with E-state index < -0.39 is 74.6 Å². The van der Waals surface area contributed by atoms with Crippen LogP contribution in [0.2, 0.25) is 0 Å². The smallest absolute Gasteiger partial charge is 0.435 e. The van der Waals surface area contributed by atoms with Crippen LogP contribution >= 0.6 is 0 Å². The first-order valence-corrected chi connectivity index (χ1v) is 10.6. The molecular formula is C18H12F9NO7S. The first kappa shape index (κ1) is 29.1. The molecule has 1 aliphatic rings. The van der Waals surface area contributed by atoms with E-state index in [2.05, 4.69) is 4.74 Å². The van der Waals surface area contributed by atoms with E-state index in [0.29, 0.717) is 6.07 Å². The van der Waals surface area contributed by atoms with E-state index in [1.807, 2.05) is 0 Å². The monoisotopic (exact) mass is 557 g/mol. The minimum atomic E-state index is -6.77. The van der Waals surface area contributed by atoms with E-state index in [4.69, 9.17) is 4.55 Å². The van der Waals surface area contributed by atoms with Gasteiger partial charge in [0, 0.05) is 11.1 Å². The van der Waals surface area contributed by atoms with Gasteiger partial charge in [0.05, 0.1) is 16.8 Å². The highest BCUT2D eigenvalue weighted by Crippen LogP contribution is 2.48. The van der Waals surface area contributed by atoms with E-state index in [1.165, 1.54) is 0 Å². The highest BCUT2D eigenvalue weighted by Gasteiger charge is 2.76. The highest BCUT2D eigenvalue weighted by molar-refractivity contribution is 7.85. The topological polar surface area (TPSA) is 118 Å². The van der Waals surface area contributed by atoms with Crippen LogP contribution in [-0.2, 0) is 30.6 Å². The number of carbonyl (C=O) groups is 3. The van der Waals surface area contributed by atoms with Crippen LogP contribution in [0.5, 0.6) is 0 Å². The Morgan fingerprint density at radius 1 is 0.917 bits per heavy atom. The Hall–Kier alpha value is -3.15. The molecule has 1 aromatic rings. The fourth-order valence-electron chi connectivity index (χ4n) is 3.01. The van der Waals surface area contributed by atoms with Gasteiger partial charge < -0.3 is 4.74 Å². The Bertz CT molecular complexity index is 1220. The van der Waals surface area contributed by atoms with Crippen LogP contribution in [0.1, 0.15) is 29.8 Å². The molecule has 1 aromatic carbocycles. The average molecular weight is 557 g/mol. The van der Waals surface area contributed by atoms with Gasteiger partial charge in [-0.05, 0) is 32.0 Å². The zero-order chi connectivity index (χ0) is 28.2. The maximum absolute atomic E-state index is 13.6. The minimum absolute atomic E-state index is 0.0367. The molecule has 1 aliphatic heterocycles. The predicted octanol–water partition coefficient (Wildman–Crippen LogP) is 3.82. The first-order chi connectivity index (χ1) is 15.9. The van der Waals surface area contributed by atoms with Crippen molar-refractivity contribution in [2.75, 3.05) is 10.7 Å². The van der Waals surface area contributed by atoms with Crippen molar-refractivity contribution < 1.29 is 71.6 Å². The molecule has 0 fully saturated rings. The fraction of sp³-hybridized carbons (Fsp3) is 0.389. The molecule has 2 rings (SSSR count). The summed E-state index contributed by atoms with van der Waals surface area (Å²) in [7, 11) is -6.18. The number of hydrogen-bond acceptors (Lipinski definition) is 6. The lowest BCUT2D eigenvalue weighted by Gasteiger charge is -2.35. The van der Waals surface area contributed by atoms with Gasteiger partial charge in [-0.15, -0.1) is 0 Å². The molecular weight excluding hydrogens is 545 g/mol. The second-order valence-corrected chi connectivity index (χ2v) is 8.81. The normalized spacial score (nSPS) is 16.2. The van der Waals surface area contributed by atoms with Crippen LogP contribution in [0.3, 0.4) is 0 Å². The lowest BCUT2D eigenvalue weighted by atomic mass is 10.0. The minimum Gasteiger partial charge on any atom is -0.435 e. The number of rotatable bonds is 5. The number of nitrogens with zero attached hydrogens (tertiary/aromatic N) is 1. The summed E-state index contributed by atoms with van der Waals surface area (Å²) in [6.07, 6.45) is -19.2. The summed E-state index contributed by atoms with van der Waals surface area (Å²) in [5, 5.41) is 0. The van der Waals surface area contributed by atoms with Crippen molar-refractivity contribution in [3.8, 4) is 0 Å². The molecule has 200 valence electrons. The van der Waals surface area contributed by atoms with E-state index in [9.17, 15) is 62.3 Å². The SMILES string of the molecule is CC1=C(C)C(=O)N(c2ccc(C(=O)OC(CS(=O)(=O)O)(C(F)(F)F)C(F)(F)F)c(C(F)(F)F)c2)C1=O. The van der Waals surface area contributed by atoms with E-state index in [1.54, 1.807) is 0 Å². The highest BCUT2D eigenvalue weighted by atomic mass is 32.2. The lowest BCUT2D eigenvalue weighted by Crippen LogP contribution is -2.63. The van der Waals surface area contributed by atoms with Crippen molar-refractivity contribution in [1.29, 1.82) is 0 Å². The zero-order valence-corrected chi connectivity index (χ0v) is 18.4. The quantitative estimate of drug-likeness (QED) is 0.253. The van der Waals surface area contributed by atoms with Crippen molar-refractivity contribution >= 4 is 33.6 Å². The Balaban J connectivity index is 2.69. The van der Waals surface area contributed by atoms with Gasteiger partial charge in [0.25, 0.3) is 21.9 Å². The number of carbonyl (C=O) groups excluding carboxylic acids is 3. The number of ether oxygens (including phenoxy) is 1. The number of benzene rings is 1. The summed E-state index contributed by atoms with van der Waals surface area (Å²) in [4.78, 5) is 36.8. The van der Waals surface area contributed by atoms with Crippen molar-refractivity contribution in [3.63, 3.8) is 0 Å². The van der Waals surface area contributed by atoms with E-state index in [-0.39, 0.29) is 28.2 Å². The number of esters is 1. The van der Waals surface area contributed by atoms with Gasteiger partial charge >= 0.3 is 30.1 Å². The van der Waals surface area contributed by atoms with Crippen LogP contribution in [0.4, 0.5) is 45.2 Å². The summed E-state index contributed by atoms with van der Waals surface area (Å²) in [5.41, 5.74) is -11.3. The van der Waals surface area contributed by atoms with Gasteiger partial charge in [-0.2, -0.15) is 47.9 Å². The van der Waals surface area contributed by atoms with Gasteiger partial charge in [-0.25, -0.2) is 9.69 Å². The summed E-state index contributed by atoms with van der Waals surface area (Å²) < 4.78 is 155. The molecule has 36 heavy (non-hydrogen) atoms. The standard InChI is InChI=1S/C18H12F9NO7S/c1-7-8(2)13(30)28(12(7)29)9-3-4-10(11(5-9)16(19,20)21)14(31)35-15(17(22,23)24,18(25,26)27)6-36(32,33)34/h3-5H,6H2,1-2H3,(H,32,33,34). The largest absolute Gasteiger partial charge is 0.438 e. The van der Waals surface area contributed by atoms with Gasteiger partial charge in [0.1, 0.15) is 5.75 Å². The number of alkyl halides is 9. The second-order valence-electron chi connectivity index (χ2n) is 7.36. The van der Waals surface area contributed by atoms with Crippen LogP contribution < -0.4 is 4.90 Å². The molecule has 0 atom stereocenters. The number of halogens is 9. The molecule has 1 N–H and O–H groups in total. The third-order valence-electron chi connectivity index (χ3n) is 4.97. The molecule has 0 radical (unpaired) electrons. The zero-order valence-electron chi connectivity index (χ0n) is 17.6. The van der Waals surface area contributed by atoms with Crippen molar-refractivity contribution in [3.05, 3.63) is 40.5 Å². The molecule has 0 aliphatic carbocycles. The molecule has 8 nitrogen and oxygen atoms in total. The third-order valence-corrected chi connectivity index (χ3v) is 5.74. The number of hydrogen-bond donors (Lipinski definition) is 1. The molecule has 1 heterocycles. The Morgan fingerprint density at radius 3 is 1.72 bits per heavy atom. The summed E-state index contributed by atoms with van der Waals surface area (Å²) in [6, 6.07) is 0.415. The maximum Gasteiger partial charge on any atom is 0.438 e. The fourth-order valence-corrected chi connectivity index (χ4v) is 3.91. The van der Waals surface area contributed by atoms with Crippen LogP contribution in [0, 0.1) is 0 Å². The molecule has 0 aromatic heterocycles.